The number of rotatable bonds is 4. The quantitative estimate of drug-likeness (QED) is 0.508. The van der Waals surface area contributed by atoms with Crippen LogP contribution in [0.1, 0.15) is 39.5 Å². The lowest BCUT2D eigenvalue weighted by atomic mass is 9.97. The fourth-order valence-electron chi connectivity index (χ4n) is 1.58. The normalized spacial score (nSPS) is 26.0. The molecule has 1 rings (SSSR count). The van der Waals surface area contributed by atoms with Crippen molar-refractivity contribution in [2.75, 3.05) is 6.61 Å². The molecule has 4 nitrogen and oxygen atoms in total. The molecule has 0 bridgehead atoms. The Labute approximate surface area is 83.6 Å². The van der Waals surface area contributed by atoms with Gasteiger partial charge in [0.1, 0.15) is 5.60 Å². The van der Waals surface area contributed by atoms with Crippen molar-refractivity contribution in [1.82, 2.24) is 0 Å². The Morgan fingerprint density at radius 2 is 2.36 bits per heavy atom. The number of carbonyl (C=O) groups is 2. The van der Waals surface area contributed by atoms with Gasteiger partial charge in [0, 0.05) is 13.3 Å². The topological polar surface area (TPSA) is 52.6 Å². The molecule has 0 saturated carbocycles. The highest BCUT2D eigenvalue weighted by atomic mass is 16.6. The molecule has 0 radical (unpaired) electrons. The Hall–Kier alpha value is -1.06. The molecule has 0 unspecified atom stereocenters. The third-order valence-corrected chi connectivity index (χ3v) is 2.37. The summed E-state index contributed by atoms with van der Waals surface area (Å²) >= 11 is 0. The first-order valence-electron chi connectivity index (χ1n) is 4.87. The van der Waals surface area contributed by atoms with Crippen LogP contribution in [0.25, 0.3) is 0 Å². The van der Waals surface area contributed by atoms with E-state index in [9.17, 15) is 9.59 Å². The van der Waals surface area contributed by atoms with E-state index in [1.807, 2.05) is 6.92 Å². The Balaban J connectivity index is 2.17. The highest BCUT2D eigenvalue weighted by molar-refractivity contribution is 5.72. The molecular formula is C10H16O4. The minimum atomic E-state index is -0.336. The van der Waals surface area contributed by atoms with Crippen LogP contribution in [-0.2, 0) is 19.1 Å². The van der Waals surface area contributed by atoms with E-state index in [1.165, 1.54) is 6.92 Å². The van der Waals surface area contributed by atoms with Gasteiger partial charge in [-0.2, -0.15) is 0 Å². The molecule has 80 valence electrons. The molecule has 1 aliphatic heterocycles. The molecule has 1 saturated heterocycles. The van der Waals surface area contributed by atoms with Gasteiger partial charge in [-0.25, -0.2) is 0 Å². The number of hydrogen-bond donors (Lipinski definition) is 0. The zero-order valence-electron chi connectivity index (χ0n) is 8.67. The molecule has 0 aliphatic carbocycles. The first-order chi connectivity index (χ1) is 6.52. The van der Waals surface area contributed by atoms with E-state index in [0.29, 0.717) is 13.0 Å². The van der Waals surface area contributed by atoms with Gasteiger partial charge in [0.2, 0.25) is 0 Å². The summed E-state index contributed by atoms with van der Waals surface area (Å²) in [7, 11) is 0. The van der Waals surface area contributed by atoms with Crippen LogP contribution < -0.4 is 0 Å². The zero-order chi connectivity index (χ0) is 10.6. The predicted octanol–water partition coefficient (Wildman–Crippen LogP) is 1.43. The van der Waals surface area contributed by atoms with Gasteiger partial charge in [0.25, 0.3) is 0 Å². The lowest BCUT2D eigenvalue weighted by Crippen LogP contribution is -2.24. The molecule has 0 spiro atoms. The number of hydrogen-bond acceptors (Lipinski definition) is 4. The van der Waals surface area contributed by atoms with Crippen molar-refractivity contribution in [1.29, 1.82) is 0 Å². The van der Waals surface area contributed by atoms with Crippen molar-refractivity contribution in [3.8, 4) is 0 Å². The molecule has 14 heavy (non-hydrogen) atoms. The second kappa shape index (κ2) is 4.44. The zero-order valence-corrected chi connectivity index (χ0v) is 8.67. The van der Waals surface area contributed by atoms with Gasteiger partial charge in [0.15, 0.2) is 0 Å². The van der Waals surface area contributed by atoms with Crippen LogP contribution in [0.5, 0.6) is 0 Å². The smallest absolute Gasteiger partial charge is 0.306 e. The SMILES string of the molecule is CC(=O)OCCC[C@]1(C)CCC(=O)O1. The van der Waals surface area contributed by atoms with Crippen molar-refractivity contribution >= 4 is 11.9 Å². The van der Waals surface area contributed by atoms with Gasteiger partial charge in [-0.1, -0.05) is 0 Å². The summed E-state index contributed by atoms with van der Waals surface area (Å²) in [5, 5.41) is 0. The highest BCUT2D eigenvalue weighted by Gasteiger charge is 2.34. The highest BCUT2D eigenvalue weighted by Crippen LogP contribution is 2.30. The molecule has 1 atom stereocenters. The van der Waals surface area contributed by atoms with Gasteiger partial charge in [-0.3, -0.25) is 9.59 Å². The van der Waals surface area contributed by atoms with E-state index in [0.717, 1.165) is 19.3 Å². The summed E-state index contributed by atoms with van der Waals surface area (Å²) in [5.41, 5.74) is -0.336. The summed E-state index contributed by atoms with van der Waals surface area (Å²) in [6.45, 7) is 3.71. The average Bonchev–Trinajstić information content (AvgIpc) is 2.41. The molecule has 0 aromatic rings. The molecular weight excluding hydrogens is 184 g/mol. The van der Waals surface area contributed by atoms with E-state index in [2.05, 4.69) is 0 Å². The summed E-state index contributed by atoms with van der Waals surface area (Å²) in [6, 6.07) is 0. The number of carbonyl (C=O) groups excluding carboxylic acids is 2. The maximum absolute atomic E-state index is 10.9. The van der Waals surface area contributed by atoms with Crippen LogP contribution in [0.15, 0.2) is 0 Å². The van der Waals surface area contributed by atoms with E-state index < -0.39 is 0 Å². The predicted molar refractivity (Wildman–Crippen MR) is 49.6 cm³/mol. The van der Waals surface area contributed by atoms with Crippen LogP contribution >= 0.6 is 0 Å². The molecule has 1 heterocycles. The van der Waals surface area contributed by atoms with Crippen molar-refractivity contribution in [2.24, 2.45) is 0 Å². The van der Waals surface area contributed by atoms with Gasteiger partial charge in [0.05, 0.1) is 6.61 Å². The molecule has 4 heteroatoms. The fraction of sp³-hybridized carbons (Fsp3) is 0.800. The summed E-state index contributed by atoms with van der Waals surface area (Å²) in [6.07, 6.45) is 2.77. The van der Waals surface area contributed by atoms with Crippen molar-refractivity contribution in [3.63, 3.8) is 0 Å². The first-order valence-corrected chi connectivity index (χ1v) is 4.87. The minimum Gasteiger partial charge on any atom is -0.466 e. The van der Waals surface area contributed by atoms with E-state index >= 15 is 0 Å². The van der Waals surface area contributed by atoms with Gasteiger partial charge in [-0.15, -0.1) is 0 Å². The Morgan fingerprint density at radius 3 is 2.86 bits per heavy atom. The maximum atomic E-state index is 10.9. The Kier molecular flexibility index (Phi) is 3.49. The van der Waals surface area contributed by atoms with Crippen LogP contribution in [0.2, 0.25) is 0 Å². The summed E-state index contributed by atoms with van der Waals surface area (Å²) in [5.74, 6) is -0.390. The van der Waals surface area contributed by atoms with Crippen LogP contribution in [0, 0.1) is 0 Å². The van der Waals surface area contributed by atoms with Crippen LogP contribution in [0.4, 0.5) is 0 Å². The van der Waals surface area contributed by atoms with Crippen LogP contribution in [0.3, 0.4) is 0 Å². The fourth-order valence-corrected chi connectivity index (χ4v) is 1.58. The Morgan fingerprint density at radius 1 is 1.64 bits per heavy atom. The van der Waals surface area contributed by atoms with Crippen molar-refractivity contribution < 1.29 is 19.1 Å². The standard InChI is InChI=1S/C10H16O4/c1-8(11)13-7-3-5-10(2)6-4-9(12)14-10/h3-7H2,1-2H3/t10-/m1/s1. The Bertz CT molecular complexity index is 236. The third-order valence-electron chi connectivity index (χ3n) is 2.37. The minimum absolute atomic E-state index is 0.125. The average molecular weight is 200 g/mol. The third kappa shape index (κ3) is 3.36. The van der Waals surface area contributed by atoms with Crippen molar-refractivity contribution in [2.45, 2.75) is 45.1 Å². The number of cyclic esters (lactones) is 1. The number of esters is 2. The lowest BCUT2D eigenvalue weighted by molar-refractivity contribution is -0.149. The second-order valence-electron chi connectivity index (χ2n) is 3.87. The monoisotopic (exact) mass is 200 g/mol. The number of ether oxygens (including phenoxy) is 2. The molecule has 0 aromatic heterocycles. The lowest BCUT2D eigenvalue weighted by Gasteiger charge is -2.21. The molecule has 0 N–H and O–H groups in total. The largest absolute Gasteiger partial charge is 0.466 e. The molecule has 0 amide bonds. The molecule has 0 aromatic carbocycles. The van der Waals surface area contributed by atoms with E-state index in [4.69, 9.17) is 9.47 Å². The summed E-state index contributed by atoms with van der Waals surface area (Å²) in [4.78, 5) is 21.4. The van der Waals surface area contributed by atoms with Gasteiger partial charge in [-0.05, 0) is 26.2 Å². The first kappa shape index (κ1) is 11.0. The van der Waals surface area contributed by atoms with Gasteiger partial charge >= 0.3 is 11.9 Å². The molecule has 1 fully saturated rings. The summed E-state index contributed by atoms with van der Waals surface area (Å²) < 4.78 is 9.97. The molecule has 1 aliphatic rings. The maximum Gasteiger partial charge on any atom is 0.306 e. The van der Waals surface area contributed by atoms with Crippen molar-refractivity contribution in [3.05, 3.63) is 0 Å². The van der Waals surface area contributed by atoms with E-state index in [-0.39, 0.29) is 17.5 Å². The van der Waals surface area contributed by atoms with E-state index in [1.54, 1.807) is 0 Å². The van der Waals surface area contributed by atoms with Gasteiger partial charge < -0.3 is 9.47 Å². The second-order valence-corrected chi connectivity index (χ2v) is 3.87. The van der Waals surface area contributed by atoms with Crippen LogP contribution in [-0.4, -0.2) is 24.1 Å².